The molecule has 0 fully saturated rings. The van der Waals surface area contributed by atoms with Gasteiger partial charge in [0, 0.05) is 0 Å². The molecule has 0 unspecified atom stereocenters. The van der Waals surface area contributed by atoms with Gasteiger partial charge in [0.1, 0.15) is 0 Å². The third-order valence-electron chi connectivity index (χ3n) is 1.52. The molecule has 2 aromatic rings. The maximum Gasteiger partial charge on any atom is 0.189 e. The molecular weight excluding hydrogens is 224 g/mol. The van der Waals surface area contributed by atoms with Gasteiger partial charge in [-0.1, -0.05) is 30.3 Å². The van der Waals surface area contributed by atoms with Crippen LogP contribution in [0.4, 0.5) is 0 Å². The van der Waals surface area contributed by atoms with Crippen LogP contribution < -0.4 is 0 Å². The topological polar surface area (TPSA) is 25.8 Å². The number of fused-ring (bicyclic) bond motifs is 1. The molecule has 0 amide bonds. The monoisotopic (exact) mass is 230 g/mol. The van der Waals surface area contributed by atoms with E-state index in [1.165, 1.54) is 0 Å². The van der Waals surface area contributed by atoms with Gasteiger partial charge >= 0.3 is 0 Å². The van der Waals surface area contributed by atoms with Crippen LogP contribution in [0.5, 0.6) is 0 Å². The summed E-state index contributed by atoms with van der Waals surface area (Å²) in [5.74, 6) is 0.964. The van der Waals surface area contributed by atoms with Gasteiger partial charge < -0.3 is 0 Å². The molecule has 2 nitrogen and oxygen atoms in total. The highest BCUT2D eigenvalue weighted by Gasteiger charge is 2.06. The highest BCUT2D eigenvalue weighted by Crippen LogP contribution is 2.27. The van der Waals surface area contributed by atoms with Gasteiger partial charge in [-0.2, -0.15) is 0 Å². The van der Waals surface area contributed by atoms with Crippen molar-refractivity contribution in [1.82, 2.24) is 9.97 Å². The van der Waals surface area contributed by atoms with Crippen molar-refractivity contribution < 1.29 is 0 Å². The van der Waals surface area contributed by atoms with Gasteiger partial charge in [-0.3, -0.25) is 0 Å². The minimum absolute atomic E-state index is 0.566. The number of hydrogen-bond donors (Lipinski definition) is 0. The second-order valence-corrected chi connectivity index (χ2v) is 4.87. The van der Waals surface area contributed by atoms with Gasteiger partial charge in [0.2, 0.25) is 0 Å². The Morgan fingerprint density at radius 1 is 1.54 bits per heavy atom. The summed E-state index contributed by atoms with van der Waals surface area (Å²) >= 11 is 9.17. The van der Waals surface area contributed by atoms with E-state index in [2.05, 4.69) is 16.9 Å². The number of thioether (sulfide) groups is 1. The lowest BCUT2D eigenvalue weighted by Crippen LogP contribution is -1.87. The predicted octanol–water partition coefficient (Wildman–Crippen LogP) is 3.46. The zero-order valence-electron chi connectivity index (χ0n) is 6.95. The zero-order valence-corrected chi connectivity index (χ0v) is 9.34. The Balaban J connectivity index is 2.56. The molecule has 2 rings (SSSR count). The van der Waals surface area contributed by atoms with Crippen LogP contribution in [0, 0.1) is 0 Å². The minimum atomic E-state index is 0.566. The second-order valence-electron chi connectivity index (χ2n) is 2.36. The van der Waals surface area contributed by atoms with Gasteiger partial charge in [0.25, 0.3) is 0 Å². The average Bonchev–Trinajstić information content (AvgIpc) is 2.53. The molecule has 0 spiro atoms. The SMILES string of the molecule is CCSc1nc(Cl)c2sccc2n1. The molecule has 2 aromatic heterocycles. The standard InChI is InChI=1S/C8H7ClN2S2/c1-2-12-8-10-5-3-4-13-6(5)7(9)11-8/h3-4H,2H2,1H3. The Kier molecular flexibility index (Phi) is 2.71. The molecule has 0 aromatic carbocycles. The number of hydrogen-bond acceptors (Lipinski definition) is 4. The van der Waals surface area contributed by atoms with Crippen molar-refractivity contribution >= 4 is 44.9 Å². The first-order valence-electron chi connectivity index (χ1n) is 3.85. The summed E-state index contributed by atoms with van der Waals surface area (Å²) in [6.07, 6.45) is 0. The van der Waals surface area contributed by atoms with Crippen LogP contribution in [0.15, 0.2) is 16.6 Å². The Morgan fingerprint density at radius 3 is 3.15 bits per heavy atom. The van der Waals surface area contributed by atoms with E-state index in [1.807, 2.05) is 11.4 Å². The van der Waals surface area contributed by atoms with Crippen molar-refractivity contribution in [3.8, 4) is 0 Å². The van der Waals surface area contributed by atoms with Crippen molar-refractivity contribution in [2.75, 3.05) is 5.75 Å². The van der Waals surface area contributed by atoms with E-state index in [0.717, 1.165) is 21.1 Å². The van der Waals surface area contributed by atoms with E-state index in [9.17, 15) is 0 Å². The Labute approximate surface area is 89.3 Å². The molecule has 0 atom stereocenters. The molecule has 0 N–H and O–H groups in total. The van der Waals surface area contributed by atoms with Crippen LogP contribution in [0.1, 0.15) is 6.92 Å². The molecule has 13 heavy (non-hydrogen) atoms. The lowest BCUT2D eigenvalue weighted by Gasteiger charge is -1.97. The van der Waals surface area contributed by atoms with Gasteiger partial charge in [-0.05, 0) is 17.2 Å². The molecule has 0 radical (unpaired) electrons. The predicted molar refractivity (Wildman–Crippen MR) is 58.8 cm³/mol. The first kappa shape index (κ1) is 9.24. The Bertz CT molecular complexity index is 427. The smallest absolute Gasteiger partial charge is 0.189 e. The van der Waals surface area contributed by atoms with E-state index >= 15 is 0 Å². The summed E-state index contributed by atoms with van der Waals surface area (Å²) in [6.45, 7) is 2.07. The van der Waals surface area contributed by atoms with E-state index in [-0.39, 0.29) is 0 Å². The summed E-state index contributed by atoms with van der Waals surface area (Å²) in [5, 5.41) is 3.31. The van der Waals surface area contributed by atoms with Gasteiger partial charge in [0.05, 0.1) is 10.2 Å². The fourth-order valence-corrected chi connectivity index (χ4v) is 2.65. The van der Waals surface area contributed by atoms with Crippen molar-refractivity contribution in [2.45, 2.75) is 12.1 Å². The lowest BCUT2D eigenvalue weighted by atomic mass is 10.5. The fourth-order valence-electron chi connectivity index (χ4n) is 1.00. The second kappa shape index (κ2) is 3.82. The number of rotatable bonds is 2. The van der Waals surface area contributed by atoms with Crippen molar-refractivity contribution in [3.63, 3.8) is 0 Å². The molecule has 0 aliphatic rings. The Morgan fingerprint density at radius 2 is 2.38 bits per heavy atom. The van der Waals surface area contributed by atoms with Gasteiger partial charge in [-0.25, -0.2) is 9.97 Å². The summed E-state index contributed by atoms with van der Waals surface area (Å²) in [7, 11) is 0. The lowest BCUT2D eigenvalue weighted by molar-refractivity contribution is 1.01. The summed E-state index contributed by atoms with van der Waals surface area (Å²) < 4.78 is 0.974. The highest BCUT2D eigenvalue weighted by molar-refractivity contribution is 7.99. The van der Waals surface area contributed by atoms with E-state index < -0.39 is 0 Å². The maximum atomic E-state index is 5.99. The van der Waals surface area contributed by atoms with Crippen molar-refractivity contribution in [2.24, 2.45) is 0 Å². The highest BCUT2D eigenvalue weighted by atomic mass is 35.5. The van der Waals surface area contributed by atoms with E-state index in [1.54, 1.807) is 23.1 Å². The average molecular weight is 231 g/mol. The zero-order chi connectivity index (χ0) is 9.26. The fraction of sp³-hybridized carbons (Fsp3) is 0.250. The Hall–Kier alpha value is -0.320. The molecule has 0 saturated carbocycles. The van der Waals surface area contributed by atoms with Crippen LogP contribution in [0.2, 0.25) is 5.15 Å². The largest absolute Gasteiger partial charge is 0.222 e. The van der Waals surface area contributed by atoms with Gasteiger partial charge in [-0.15, -0.1) is 11.3 Å². The van der Waals surface area contributed by atoms with Crippen LogP contribution in [-0.4, -0.2) is 15.7 Å². The molecule has 5 heteroatoms. The first-order chi connectivity index (χ1) is 6.31. The van der Waals surface area contributed by atoms with Crippen LogP contribution in [0.25, 0.3) is 10.2 Å². The van der Waals surface area contributed by atoms with Crippen molar-refractivity contribution in [1.29, 1.82) is 0 Å². The van der Waals surface area contributed by atoms with Crippen LogP contribution in [-0.2, 0) is 0 Å². The molecule has 68 valence electrons. The van der Waals surface area contributed by atoms with E-state index in [4.69, 9.17) is 11.6 Å². The molecule has 0 bridgehead atoms. The molecule has 0 saturated heterocycles. The van der Waals surface area contributed by atoms with Gasteiger partial charge in [0.15, 0.2) is 10.3 Å². The molecule has 0 aliphatic heterocycles. The normalized spacial score (nSPS) is 10.9. The van der Waals surface area contributed by atoms with Crippen LogP contribution >= 0.6 is 34.7 Å². The molecular formula is C8H7ClN2S2. The molecule has 0 aliphatic carbocycles. The third-order valence-corrected chi connectivity index (χ3v) is 3.54. The summed E-state index contributed by atoms with van der Waals surface area (Å²) in [6, 6.07) is 1.97. The maximum absolute atomic E-state index is 5.99. The first-order valence-corrected chi connectivity index (χ1v) is 6.09. The number of aromatic nitrogens is 2. The number of nitrogens with zero attached hydrogens (tertiary/aromatic N) is 2. The van der Waals surface area contributed by atoms with Crippen molar-refractivity contribution in [3.05, 3.63) is 16.6 Å². The van der Waals surface area contributed by atoms with E-state index in [0.29, 0.717) is 5.15 Å². The quantitative estimate of drug-likeness (QED) is 0.449. The summed E-state index contributed by atoms with van der Waals surface area (Å²) in [5.41, 5.74) is 0.945. The molecule has 2 heterocycles. The van der Waals surface area contributed by atoms with Crippen LogP contribution in [0.3, 0.4) is 0 Å². The summed E-state index contributed by atoms with van der Waals surface area (Å²) in [4.78, 5) is 8.55. The minimum Gasteiger partial charge on any atom is -0.222 e. The number of thiophene rings is 1. The number of halogens is 1. The third kappa shape index (κ3) is 1.80.